The van der Waals surface area contributed by atoms with Crippen molar-refractivity contribution in [1.82, 2.24) is 0 Å². The monoisotopic (exact) mass is 274 g/mol. The highest BCUT2D eigenvalue weighted by atomic mass is 28.4. The van der Waals surface area contributed by atoms with Gasteiger partial charge in [0, 0.05) is 25.6 Å². The zero-order chi connectivity index (χ0) is 14.3. The van der Waals surface area contributed by atoms with Crippen LogP contribution in [0.4, 0.5) is 0 Å². The molecule has 7 heteroatoms. The number of carbonyl (C=O) groups excluding carboxylic acids is 3. The molecule has 0 spiro atoms. The Kier molecular flexibility index (Phi) is 6.32. The Morgan fingerprint density at radius 1 is 1.33 bits per heavy atom. The summed E-state index contributed by atoms with van der Waals surface area (Å²) >= 11 is 0. The number of hydrogen-bond donors (Lipinski definition) is 0. The van der Waals surface area contributed by atoms with Gasteiger partial charge in [-0.25, -0.2) is 9.59 Å². The van der Waals surface area contributed by atoms with E-state index in [2.05, 4.69) is 6.58 Å². The summed E-state index contributed by atoms with van der Waals surface area (Å²) in [5.74, 6) is -1.95. The van der Waals surface area contributed by atoms with E-state index in [4.69, 9.17) is 13.6 Å². The molecule has 0 saturated heterocycles. The molecule has 0 amide bonds. The van der Waals surface area contributed by atoms with Crippen molar-refractivity contribution in [3.63, 3.8) is 0 Å². The summed E-state index contributed by atoms with van der Waals surface area (Å²) in [6.07, 6.45) is -0.115. The second-order valence-corrected chi connectivity index (χ2v) is 7.17. The van der Waals surface area contributed by atoms with E-state index in [0.29, 0.717) is 6.04 Å². The van der Waals surface area contributed by atoms with E-state index in [0.717, 1.165) is 6.08 Å². The van der Waals surface area contributed by atoms with Crippen LogP contribution < -0.4 is 0 Å². The number of rotatable bonds is 6. The van der Waals surface area contributed by atoms with Gasteiger partial charge in [0.1, 0.15) is 0 Å². The maximum atomic E-state index is 11.7. The molecule has 2 unspecified atom stereocenters. The molecule has 0 aliphatic heterocycles. The molecule has 0 saturated carbocycles. The van der Waals surface area contributed by atoms with Crippen molar-refractivity contribution in [2.24, 2.45) is 0 Å². The van der Waals surface area contributed by atoms with Crippen molar-refractivity contribution in [3.05, 3.63) is 12.7 Å². The van der Waals surface area contributed by atoms with Crippen molar-refractivity contribution < 1.29 is 28.0 Å². The largest absolute Gasteiger partial charge is 0.485 e. The lowest BCUT2D eigenvalue weighted by Crippen LogP contribution is -2.44. The van der Waals surface area contributed by atoms with Gasteiger partial charge in [-0.1, -0.05) is 13.5 Å². The molecule has 102 valence electrons. The second kappa shape index (κ2) is 6.95. The first-order chi connectivity index (χ1) is 8.24. The van der Waals surface area contributed by atoms with Crippen LogP contribution in [-0.4, -0.2) is 32.6 Å². The maximum Gasteiger partial charge on any atom is 0.460 e. The highest BCUT2D eigenvalue weighted by molar-refractivity contribution is 6.69. The molecule has 0 aromatic rings. The van der Waals surface area contributed by atoms with Crippen molar-refractivity contribution in [1.29, 1.82) is 0 Å². The van der Waals surface area contributed by atoms with Gasteiger partial charge in [-0.3, -0.25) is 4.79 Å². The molecule has 0 aliphatic rings. The van der Waals surface area contributed by atoms with Gasteiger partial charge < -0.3 is 13.6 Å². The zero-order valence-corrected chi connectivity index (χ0v) is 12.0. The van der Waals surface area contributed by atoms with Crippen LogP contribution in [-0.2, 0) is 28.0 Å². The average molecular weight is 274 g/mol. The fraction of sp³-hybridized carbons (Fsp3) is 0.545. The lowest BCUT2D eigenvalue weighted by Gasteiger charge is -2.25. The molecule has 0 N–H and O–H groups in total. The van der Waals surface area contributed by atoms with E-state index in [1.54, 1.807) is 13.5 Å². The summed E-state index contributed by atoms with van der Waals surface area (Å²) in [6, 6.07) is 0.417. The molecule has 0 aromatic carbocycles. The molecular weight excluding hydrogens is 256 g/mol. The molecule has 0 aliphatic carbocycles. The molecule has 18 heavy (non-hydrogen) atoms. The molecule has 2 atom stereocenters. The topological polar surface area (TPSA) is 78.9 Å². The van der Waals surface area contributed by atoms with E-state index in [9.17, 15) is 14.4 Å². The third kappa shape index (κ3) is 5.62. The Labute approximate surface area is 107 Å². The standard InChI is InChI=1S/C11H18O6Si/c1-6-10(13)15-8(3)11(14)17-18(5,7-2)16-9(4)12/h6,8H,1,7H2,2-5H3. The fourth-order valence-corrected chi connectivity index (χ4v) is 2.57. The zero-order valence-electron chi connectivity index (χ0n) is 11.0. The van der Waals surface area contributed by atoms with Crippen molar-refractivity contribution >= 4 is 26.5 Å². The third-order valence-corrected chi connectivity index (χ3v) is 4.75. The van der Waals surface area contributed by atoms with Gasteiger partial charge in [0.15, 0.2) is 6.10 Å². The van der Waals surface area contributed by atoms with Crippen LogP contribution in [0.15, 0.2) is 12.7 Å². The number of esters is 1. The Hall–Kier alpha value is -1.63. The summed E-state index contributed by atoms with van der Waals surface area (Å²) in [4.78, 5) is 33.5. The predicted octanol–water partition coefficient (Wildman–Crippen LogP) is 1.30. The minimum atomic E-state index is -2.89. The van der Waals surface area contributed by atoms with Gasteiger partial charge in [-0.2, -0.15) is 0 Å². The number of hydrogen-bond acceptors (Lipinski definition) is 6. The smallest absolute Gasteiger partial charge is 0.460 e. The Morgan fingerprint density at radius 2 is 1.89 bits per heavy atom. The second-order valence-electron chi connectivity index (χ2n) is 3.79. The molecule has 0 aromatic heterocycles. The number of carbonyl (C=O) groups is 3. The van der Waals surface area contributed by atoms with Crippen molar-refractivity contribution in [2.75, 3.05) is 0 Å². The lowest BCUT2D eigenvalue weighted by atomic mass is 10.4. The highest BCUT2D eigenvalue weighted by Crippen LogP contribution is 2.15. The maximum absolute atomic E-state index is 11.7. The van der Waals surface area contributed by atoms with Crippen LogP contribution in [0.5, 0.6) is 0 Å². The first-order valence-electron chi connectivity index (χ1n) is 5.49. The summed E-state index contributed by atoms with van der Waals surface area (Å²) in [5, 5.41) is 0. The Morgan fingerprint density at radius 3 is 2.28 bits per heavy atom. The molecular formula is C11H18O6Si. The van der Waals surface area contributed by atoms with Gasteiger partial charge in [-0.05, 0) is 6.92 Å². The first kappa shape index (κ1) is 16.4. The van der Waals surface area contributed by atoms with E-state index in [-0.39, 0.29) is 0 Å². The predicted molar refractivity (Wildman–Crippen MR) is 65.7 cm³/mol. The SMILES string of the molecule is C=CC(=O)OC(C)C(=O)O[Si](C)(CC)OC(C)=O. The quantitative estimate of drug-likeness (QED) is 0.413. The van der Waals surface area contributed by atoms with E-state index in [1.807, 2.05) is 0 Å². The van der Waals surface area contributed by atoms with Crippen molar-refractivity contribution in [3.8, 4) is 0 Å². The Bertz CT molecular complexity index is 353. The summed E-state index contributed by atoms with van der Waals surface area (Å²) < 4.78 is 14.9. The van der Waals surface area contributed by atoms with Crippen LogP contribution in [0, 0.1) is 0 Å². The van der Waals surface area contributed by atoms with Crippen LogP contribution in [0.2, 0.25) is 12.6 Å². The fourth-order valence-electron chi connectivity index (χ4n) is 1.04. The van der Waals surface area contributed by atoms with Gasteiger partial charge in [-0.15, -0.1) is 0 Å². The summed E-state index contributed by atoms with van der Waals surface area (Å²) in [7, 11) is -2.89. The van der Waals surface area contributed by atoms with E-state index >= 15 is 0 Å². The van der Waals surface area contributed by atoms with Crippen LogP contribution >= 0.6 is 0 Å². The normalized spacial score (nSPS) is 14.9. The summed E-state index contributed by atoms with van der Waals surface area (Å²) in [5.41, 5.74) is 0. The van der Waals surface area contributed by atoms with Crippen molar-refractivity contribution in [2.45, 2.75) is 39.5 Å². The average Bonchev–Trinajstić information content (AvgIpc) is 2.27. The van der Waals surface area contributed by atoms with E-state index < -0.39 is 32.6 Å². The summed E-state index contributed by atoms with van der Waals surface area (Å²) in [6.45, 7) is 9.18. The van der Waals surface area contributed by atoms with Gasteiger partial charge >= 0.3 is 20.5 Å². The molecule has 0 heterocycles. The van der Waals surface area contributed by atoms with Crippen LogP contribution in [0.1, 0.15) is 20.8 Å². The van der Waals surface area contributed by atoms with E-state index in [1.165, 1.54) is 13.8 Å². The molecule has 0 rings (SSSR count). The molecule has 0 bridgehead atoms. The van der Waals surface area contributed by atoms with Gasteiger partial charge in [0.25, 0.3) is 5.97 Å². The minimum absolute atomic E-state index is 0.417. The first-order valence-corrected chi connectivity index (χ1v) is 8.02. The van der Waals surface area contributed by atoms with Crippen LogP contribution in [0.3, 0.4) is 0 Å². The molecule has 0 radical (unpaired) electrons. The van der Waals surface area contributed by atoms with Gasteiger partial charge in [0.05, 0.1) is 0 Å². The number of ether oxygens (including phenoxy) is 1. The molecule has 0 fully saturated rings. The Balaban J connectivity index is 4.55. The molecule has 6 nitrogen and oxygen atoms in total. The highest BCUT2D eigenvalue weighted by Gasteiger charge is 2.38. The van der Waals surface area contributed by atoms with Gasteiger partial charge in [0.2, 0.25) is 0 Å². The van der Waals surface area contributed by atoms with Crippen LogP contribution in [0.25, 0.3) is 0 Å². The minimum Gasteiger partial charge on any atom is -0.485 e. The lowest BCUT2D eigenvalue weighted by molar-refractivity contribution is -0.159. The third-order valence-electron chi connectivity index (χ3n) is 2.11.